The van der Waals surface area contributed by atoms with Crippen LogP contribution in [0.5, 0.6) is 17.2 Å². The van der Waals surface area contributed by atoms with Crippen molar-refractivity contribution < 1.29 is 23.4 Å². The van der Waals surface area contributed by atoms with Gasteiger partial charge in [-0.1, -0.05) is 29.8 Å². The van der Waals surface area contributed by atoms with Gasteiger partial charge in [-0.05, 0) is 79.1 Å². The zero-order chi connectivity index (χ0) is 25.2. The Morgan fingerprint density at radius 1 is 1.11 bits per heavy atom. The SMILES string of the molecule is CC1=C(c2ccc(Cl)c(F)c2)C(c2ccc(OCCN3CC[C@@H](CF)C3)cc2)Oc2ccc(O)cc21. The normalized spacial score (nSPS) is 19.8. The first kappa shape index (κ1) is 24.6. The second-order valence-corrected chi connectivity index (χ2v) is 9.78. The van der Waals surface area contributed by atoms with Crippen LogP contribution < -0.4 is 9.47 Å². The molecule has 36 heavy (non-hydrogen) atoms. The molecule has 0 bridgehead atoms. The predicted molar refractivity (Wildman–Crippen MR) is 138 cm³/mol. The second kappa shape index (κ2) is 10.5. The molecule has 188 valence electrons. The number of hydrogen-bond donors (Lipinski definition) is 1. The van der Waals surface area contributed by atoms with Crippen LogP contribution in [0.4, 0.5) is 8.78 Å². The zero-order valence-corrected chi connectivity index (χ0v) is 20.8. The molecule has 1 saturated heterocycles. The van der Waals surface area contributed by atoms with E-state index in [1.54, 1.807) is 24.3 Å². The van der Waals surface area contributed by atoms with E-state index < -0.39 is 11.9 Å². The highest BCUT2D eigenvalue weighted by Gasteiger charge is 2.30. The fourth-order valence-electron chi connectivity index (χ4n) is 4.98. The minimum absolute atomic E-state index is 0.0546. The standard InChI is InChI=1S/C29H28ClF2NO3/c1-18-24-15-22(34)5-9-27(24)36-29(28(18)21-4-8-25(30)26(32)14-21)20-2-6-23(7-3-20)35-13-12-33-11-10-19(16-31)17-33/h2-9,14-15,19,29,34H,10-13,16-17H2,1H3/t19-,29?/m0/s1. The lowest BCUT2D eigenvalue weighted by atomic mass is 9.86. The monoisotopic (exact) mass is 511 g/mol. The van der Waals surface area contributed by atoms with Crippen LogP contribution in [-0.4, -0.2) is 42.9 Å². The third-order valence-electron chi connectivity index (χ3n) is 6.96. The lowest BCUT2D eigenvalue weighted by molar-refractivity contribution is 0.228. The van der Waals surface area contributed by atoms with Gasteiger partial charge in [0.1, 0.15) is 35.8 Å². The van der Waals surface area contributed by atoms with Crippen LogP contribution in [0.25, 0.3) is 11.1 Å². The Kier molecular flexibility index (Phi) is 7.17. The summed E-state index contributed by atoms with van der Waals surface area (Å²) in [7, 11) is 0. The minimum atomic E-state index is -0.505. The van der Waals surface area contributed by atoms with Gasteiger partial charge in [-0.15, -0.1) is 0 Å². The maximum Gasteiger partial charge on any atom is 0.150 e. The molecule has 4 nitrogen and oxygen atoms in total. The van der Waals surface area contributed by atoms with E-state index in [0.717, 1.165) is 54.1 Å². The summed E-state index contributed by atoms with van der Waals surface area (Å²) in [5, 5.41) is 10.1. The molecular formula is C29H28ClF2NO3. The van der Waals surface area contributed by atoms with Gasteiger partial charge >= 0.3 is 0 Å². The summed E-state index contributed by atoms with van der Waals surface area (Å²) in [5.41, 5.74) is 3.99. The van der Waals surface area contributed by atoms with Crippen molar-refractivity contribution >= 4 is 22.7 Å². The van der Waals surface area contributed by atoms with Crippen molar-refractivity contribution in [3.8, 4) is 17.2 Å². The van der Waals surface area contributed by atoms with Gasteiger partial charge in [-0.3, -0.25) is 9.29 Å². The van der Waals surface area contributed by atoms with E-state index in [0.29, 0.717) is 17.9 Å². The lowest BCUT2D eigenvalue weighted by Gasteiger charge is -2.31. The average molecular weight is 512 g/mol. The van der Waals surface area contributed by atoms with Crippen LogP contribution in [0, 0.1) is 11.7 Å². The van der Waals surface area contributed by atoms with E-state index in [1.165, 1.54) is 12.1 Å². The first-order valence-electron chi connectivity index (χ1n) is 12.1. The first-order chi connectivity index (χ1) is 17.4. The van der Waals surface area contributed by atoms with Crippen LogP contribution in [0.2, 0.25) is 5.02 Å². The largest absolute Gasteiger partial charge is 0.508 e. The molecule has 0 aromatic heterocycles. The van der Waals surface area contributed by atoms with Gasteiger partial charge < -0.3 is 14.6 Å². The number of allylic oxidation sites excluding steroid dienone is 1. The number of ether oxygens (including phenoxy) is 2. The Morgan fingerprint density at radius 3 is 2.64 bits per heavy atom. The number of alkyl halides is 1. The molecule has 0 spiro atoms. The Balaban J connectivity index is 1.38. The van der Waals surface area contributed by atoms with Gasteiger partial charge in [0.25, 0.3) is 0 Å². The summed E-state index contributed by atoms with van der Waals surface area (Å²) >= 11 is 5.94. The van der Waals surface area contributed by atoms with Gasteiger partial charge in [0.05, 0.1) is 11.7 Å². The highest BCUT2D eigenvalue weighted by Crippen LogP contribution is 2.47. The third kappa shape index (κ3) is 5.06. The lowest BCUT2D eigenvalue weighted by Crippen LogP contribution is -2.26. The van der Waals surface area contributed by atoms with Crippen molar-refractivity contribution in [2.75, 3.05) is 32.9 Å². The summed E-state index contributed by atoms with van der Waals surface area (Å²) in [5.74, 6) is 1.16. The van der Waals surface area contributed by atoms with Crippen LogP contribution in [-0.2, 0) is 0 Å². The van der Waals surface area contributed by atoms with E-state index in [1.807, 2.05) is 31.2 Å². The van der Waals surface area contributed by atoms with Gasteiger partial charge in [0.2, 0.25) is 0 Å². The molecule has 2 atom stereocenters. The molecule has 7 heteroatoms. The highest BCUT2D eigenvalue weighted by molar-refractivity contribution is 6.30. The van der Waals surface area contributed by atoms with Crippen molar-refractivity contribution in [2.24, 2.45) is 5.92 Å². The molecule has 1 N–H and O–H groups in total. The number of rotatable bonds is 7. The number of likely N-dealkylation sites (tertiary alicyclic amines) is 1. The maximum atomic E-state index is 14.4. The van der Waals surface area contributed by atoms with E-state index in [2.05, 4.69) is 4.90 Å². The van der Waals surface area contributed by atoms with Crippen LogP contribution in [0.3, 0.4) is 0 Å². The molecule has 2 aliphatic rings. The predicted octanol–water partition coefficient (Wildman–Crippen LogP) is 6.92. The van der Waals surface area contributed by atoms with Crippen molar-refractivity contribution in [3.63, 3.8) is 0 Å². The number of benzene rings is 3. The van der Waals surface area contributed by atoms with Crippen molar-refractivity contribution in [1.29, 1.82) is 0 Å². The molecule has 3 aromatic rings. The molecule has 1 fully saturated rings. The molecule has 0 saturated carbocycles. The number of hydrogen-bond acceptors (Lipinski definition) is 4. The van der Waals surface area contributed by atoms with Crippen molar-refractivity contribution in [2.45, 2.75) is 19.4 Å². The summed E-state index contributed by atoms with van der Waals surface area (Å²) < 4.78 is 39.6. The molecule has 0 radical (unpaired) electrons. The third-order valence-corrected chi connectivity index (χ3v) is 7.26. The summed E-state index contributed by atoms with van der Waals surface area (Å²) in [6, 6.07) is 17.4. The Labute approximate surface area is 214 Å². The second-order valence-electron chi connectivity index (χ2n) is 9.37. The smallest absolute Gasteiger partial charge is 0.150 e. The quantitative estimate of drug-likeness (QED) is 0.374. The number of nitrogens with zero attached hydrogens (tertiary/aromatic N) is 1. The summed E-state index contributed by atoms with van der Waals surface area (Å²) in [6.45, 7) is 4.68. The Hall–Kier alpha value is -3.09. The number of halogens is 3. The van der Waals surface area contributed by atoms with Crippen LogP contribution in [0.15, 0.2) is 60.7 Å². The number of fused-ring (bicyclic) bond motifs is 1. The molecular weight excluding hydrogens is 484 g/mol. The molecule has 5 rings (SSSR count). The number of phenols is 1. The molecule has 2 heterocycles. The topological polar surface area (TPSA) is 41.9 Å². The van der Waals surface area contributed by atoms with Gasteiger partial charge in [0, 0.05) is 30.1 Å². The highest BCUT2D eigenvalue weighted by atomic mass is 35.5. The Morgan fingerprint density at radius 2 is 1.92 bits per heavy atom. The fraction of sp³-hybridized carbons (Fsp3) is 0.310. The van der Waals surface area contributed by atoms with E-state index in [-0.39, 0.29) is 23.4 Å². The molecule has 0 aliphatic carbocycles. The number of phenolic OH excluding ortho intramolecular Hbond substituents is 1. The van der Waals surface area contributed by atoms with E-state index in [9.17, 15) is 13.9 Å². The average Bonchev–Trinajstić information content (AvgIpc) is 3.35. The van der Waals surface area contributed by atoms with E-state index in [4.69, 9.17) is 21.1 Å². The molecule has 2 aliphatic heterocycles. The summed E-state index contributed by atoms with van der Waals surface area (Å²) in [6.07, 6.45) is 0.418. The van der Waals surface area contributed by atoms with Crippen LogP contribution >= 0.6 is 11.6 Å². The minimum Gasteiger partial charge on any atom is -0.508 e. The summed E-state index contributed by atoms with van der Waals surface area (Å²) in [4.78, 5) is 2.23. The molecule has 1 unspecified atom stereocenters. The van der Waals surface area contributed by atoms with Crippen LogP contribution in [0.1, 0.15) is 36.1 Å². The molecule has 0 amide bonds. The van der Waals surface area contributed by atoms with Gasteiger partial charge in [-0.25, -0.2) is 4.39 Å². The van der Waals surface area contributed by atoms with Crippen molar-refractivity contribution in [1.82, 2.24) is 4.90 Å². The van der Waals surface area contributed by atoms with Gasteiger partial charge in [0.15, 0.2) is 0 Å². The van der Waals surface area contributed by atoms with Gasteiger partial charge in [-0.2, -0.15) is 0 Å². The number of aromatic hydroxyl groups is 1. The Bertz CT molecular complexity index is 1280. The molecule has 3 aromatic carbocycles. The fourth-order valence-corrected chi connectivity index (χ4v) is 5.10. The first-order valence-corrected chi connectivity index (χ1v) is 12.5. The zero-order valence-electron chi connectivity index (χ0n) is 20.0. The maximum absolute atomic E-state index is 14.4. The van der Waals surface area contributed by atoms with E-state index >= 15 is 0 Å². The van der Waals surface area contributed by atoms with Crippen molar-refractivity contribution in [3.05, 3.63) is 88.2 Å².